The molecule has 2 aliphatic rings. The Kier molecular flexibility index (Phi) is 7.33. The first-order valence-electron chi connectivity index (χ1n) is 11.3. The van der Waals surface area contributed by atoms with E-state index < -0.39 is 0 Å². The fourth-order valence-electron chi connectivity index (χ4n) is 4.82. The van der Waals surface area contributed by atoms with E-state index in [1.165, 1.54) is 12.8 Å². The van der Waals surface area contributed by atoms with Crippen molar-refractivity contribution in [1.82, 2.24) is 9.80 Å². The molecule has 4 rings (SSSR count). The summed E-state index contributed by atoms with van der Waals surface area (Å²) >= 11 is 5.98. The van der Waals surface area contributed by atoms with Gasteiger partial charge in [0.2, 0.25) is 5.91 Å². The van der Waals surface area contributed by atoms with Crippen LogP contribution in [-0.4, -0.2) is 60.9 Å². The van der Waals surface area contributed by atoms with E-state index in [1.807, 2.05) is 17.0 Å². The number of piperazine rings is 1. The molecule has 2 aromatic carbocycles. The molecule has 7 heteroatoms. The topological polar surface area (TPSA) is 61.9 Å². The number of rotatable bonds is 6. The normalized spacial score (nSPS) is 18.4. The molecule has 2 amide bonds. The van der Waals surface area contributed by atoms with Crippen molar-refractivity contribution < 1.29 is 14.3 Å². The Balaban J connectivity index is 1.41. The van der Waals surface area contributed by atoms with Gasteiger partial charge in [0.25, 0.3) is 5.91 Å². The van der Waals surface area contributed by atoms with Gasteiger partial charge in [0.1, 0.15) is 5.75 Å². The Morgan fingerprint density at radius 1 is 0.969 bits per heavy atom. The van der Waals surface area contributed by atoms with E-state index in [4.69, 9.17) is 16.3 Å². The van der Waals surface area contributed by atoms with Crippen molar-refractivity contribution in [3.05, 3.63) is 59.1 Å². The average Bonchev–Trinajstić information content (AvgIpc) is 3.35. The second-order valence-electron chi connectivity index (χ2n) is 8.54. The van der Waals surface area contributed by atoms with Crippen LogP contribution in [0.1, 0.15) is 36.0 Å². The number of ether oxygens (including phenoxy) is 1. The van der Waals surface area contributed by atoms with Crippen LogP contribution >= 0.6 is 11.6 Å². The zero-order chi connectivity index (χ0) is 22.5. The molecule has 1 aliphatic heterocycles. The van der Waals surface area contributed by atoms with Crippen molar-refractivity contribution in [2.75, 3.05) is 38.6 Å². The van der Waals surface area contributed by atoms with Gasteiger partial charge in [-0.15, -0.1) is 0 Å². The first-order valence-corrected chi connectivity index (χ1v) is 11.7. The van der Waals surface area contributed by atoms with E-state index >= 15 is 0 Å². The molecule has 32 heavy (non-hydrogen) atoms. The van der Waals surface area contributed by atoms with Crippen LogP contribution in [0.25, 0.3) is 0 Å². The first-order chi connectivity index (χ1) is 15.5. The van der Waals surface area contributed by atoms with E-state index in [9.17, 15) is 9.59 Å². The second kappa shape index (κ2) is 10.4. The van der Waals surface area contributed by atoms with E-state index in [0.717, 1.165) is 24.3 Å². The number of carbonyl (C=O) groups excluding carboxylic acids is 2. The zero-order valence-corrected chi connectivity index (χ0v) is 19.2. The minimum Gasteiger partial charge on any atom is -0.497 e. The molecule has 0 bridgehead atoms. The van der Waals surface area contributed by atoms with Crippen molar-refractivity contribution >= 4 is 29.1 Å². The van der Waals surface area contributed by atoms with Gasteiger partial charge in [0.15, 0.2) is 0 Å². The highest BCUT2D eigenvalue weighted by Crippen LogP contribution is 2.32. The number of hydrogen-bond donors (Lipinski definition) is 1. The highest BCUT2D eigenvalue weighted by atomic mass is 35.5. The van der Waals surface area contributed by atoms with Gasteiger partial charge in [-0.05, 0) is 67.3 Å². The summed E-state index contributed by atoms with van der Waals surface area (Å²) in [6.45, 7) is 2.61. The number of halogens is 1. The number of hydrogen-bond acceptors (Lipinski definition) is 4. The Morgan fingerprint density at radius 3 is 2.19 bits per heavy atom. The standard InChI is InChI=1S/C25H30ClN3O3/c1-32-22-12-6-19(7-13-22)25(31)29-16-14-28(15-17-29)23(18-4-2-3-5-18)24(30)27-21-10-8-20(26)9-11-21/h6-13,18,23H,2-5,14-17H2,1H3,(H,27,30)/t23-/m0/s1. The van der Waals surface area contributed by atoms with Crippen molar-refractivity contribution in [2.45, 2.75) is 31.7 Å². The largest absolute Gasteiger partial charge is 0.497 e. The molecule has 2 fully saturated rings. The van der Waals surface area contributed by atoms with E-state index in [0.29, 0.717) is 42.7 Å². The summed E-state index contributed by atoms with van der Waals surface area (Å²) in [4.78, 5) is 30.4. The predicted molar refractivity (Wildman–Crippen MR) is 126 cm³/mol. The average molecular weight is 456 g/mol. The SMILES string of the molecule is COc1ccc(C(=O)N2CCN([C@H](C(=O)Nc3ccc(Cl)cc3)C3CCCC3)CC2)cc1. The summed E-state index contributed by atoms with van der Waals surface area (Å²) < 4.78 is 5.18. The van der Waals surface area contributed by atoms with Gasteiger partial charge in [-0.25, -0.2) is 0 Å². The van der Waals surface area contributed by atoms with Gasteiger partial charge in [0, 0.05) is 42.5 Å². The van der Waals surface area contributed by atoms with Crippen LogP contribution in [-0.2, 0) is 4.79 Å². The molecular weight excluding hydrogens is 426 g/mol. The van der Waals surface area contributed by atoms with Crippen LogP contribution in [0.4, 0.5) is 5.69 Å². The lowest BCUT2D eigenvalue weighted by Crippen LogP contribution is -2.56. The van der Waals surface area contributed by atoms with Crippen LogP contribution in [0.2, 0.25) is 5.02 Å². The lowest BCUT2D eigenvalue weighted by atomic mass is 9.94. The van der Waals surface area contributed by atoms with Gasteiger partial charge in [0.05, 0.1) is 13.2 Å². The van der Waals surface area contributed by atoms with Crippen molar-refractivity contribution in [3.8, 4) is 5.75 Å². The number of methoxy groups -OCH3 is 1. The molecule has 2 aromatic rings. The number of carbonyl (C=O) groups is 2. The van der Waals surface area contributed by atoms with Gasteiger partial charge in [-0.3, -0.25) is 14.5 Å². The molecule has 170 valence electrons. The monoisotopic (exact) mass is 455 g/mol. The third-order valence-electron chi connectivity index (χ3n) is 6.56. The molecule has 0 radical (unpaired) electrons. The van der Waals surface area contributed by atoms with Crippen molar-refractivity contribution in [2.24, 2.45) is 5.92 Å². The third kappa shape index (κ3) is 5.25. The number of benzene rings is 2. The summed E-state index contributed by atoms with van der Waals surface area (Å²) in [5, 5.41) is 3.73. The molecule has 1 saturated heterocycles. The fourth-order valence-corrected chi connectivity index (χ4v) is 4.95. The minimum atomic E-state index is -0.175. The maximum Gasteiger partial charge on any atom is 0.253 e. The Morgan fingerprint density at radius 2 is 1.59 bits per heavy atom. The summed E-state index contributed by atoms with van der Waals surface area (Å²) in [5.74, 6) is 1.15. The Bertz CT molecular complexity index is 918. The lowest BCUT2D eigenvalue weighted by molar-refractivity contribution is -0.123. The quantitative estimate of drug-likeness (QED) is 0.705. The van der Waals surface area contributed by atoms with Gasteiger partial charge < -0.3 is 15.0 Å². The molecular formula is C25H30ClN3O3. The van der Waals surface area contributed by atoms with E-state index in [-0.39, 0.29) is 17.9 Å². The van der Waals surface area contributed by atoms with Gasteiger partial charge >= 0.3 is 0 Å². The Labute approximate surface area is 194 Å². The van der Waals surface area contributed by atoms with E-state index in [2.05, 4.69) is 10.2 Å². The molecule has 0 spiro atoms. The number of anilines is 1. The van der Waals surface area contributed by atoms with Crippen LogP contribution < -0.4 is 10.1 Å². The molecule has 1 aliphatic carbocycles. The maximum absolute atomic E-state index is 13.3. The summed E-state index contributed by atoms with van der Waals surface area (Å²) in [5.41, 5.74) is 1.42. The third-order valence-corrected chi connectivity index (χ3v) is 6.81. The fraction of sp³-hybridized carbons (Fsp3) is 0.440. The highest BCUT2D eigenvalue weighted by molar-refractivity contribution is 6.30. The minimum absolute atomic E-state index is 0.0235. The van der Waals surface area contributed by atoms with E-state index in [1.54, 1.807) is 43.5 Å². The first kappa shape index (κ1) is 22.6. The zero-order valence-electron chi connectivity index (χ0n) is 18.4. The molecule has 0 unspecified atom stereocenters. The molecule has 1 heterocycles. The lowest BCUT2D eigenvalue weighted by Gasteiger charge is -2.40. The second-order valence-corrected chi connectivity index (χ2v) is 8.98. The highest BCUT2D eigenvalue weighted by Gasteiger charge is 2.37. The molecule has 1 atom stereocenters. The molecule has 1 saturated carbocycles. The van der Waals surface area contributed by atoms with Crippen LogP contribution in [0.5, 0.6) is 5.75 Å². The van der Waals surface area contributed by atoms with Crippen LogP contribution in [0, 0.1) is 5.92 Å². The number of nitrogens with zero attached hydrogens (tertiary/aromatic N) is 2. The van der Waals surface area contributed by atoms with Gasteiger partial charge in [-0.1, -0.05) is 24.4 Å². The molecule has 0 aromatic heterocycles. The number of amides is 2. The maximum atomic E-state index is 13.3. The summed E-state index contributed by atoms with van der Waals surface area (Å²) in [7, 11) is 1.61. The van der Waals surface area contributed by atoms with Crippen molar-refractivity contribution in [3.63, 3.8) is 0 Å². The summed E-state index contributed by atoms with van der Waals surface area (Å²) in [6, 6.07) is 14.3. The predicted octanol–water partition coefficient (Wildman–Crippen LogP) is 4.30. The van der Waals surface area contributed by atoms with Crippen LogP contribution in [0.3, 0.4) is 0 Å². The number of nitrogens with one attached hydrogen (secondary N) is 1. The smallest absolute Gasteiger partial charge is 0.253 e. The Hall–Kier alpha value is -2.57. The van der Waals surface area contributed by atoms with Crippen molar-refractivity contribution in [1.29, 1.82) is 0 Å². The van der Waals surface area contributed by atoms with Gasteiger partial charge in [-0.2, -0.15) is 0 Å². The molecule has 1 N–H and O–H groups in total. The van der Waals surface area contributed by atoms with Crippen LogP contribution in [0.15, 0.2) is 48.5 Å². The summed E-state index contributed by atoms with van der Waals surface area (Å²) in [6.07, 6.45) is 4.49. The molecule has 6 nitrogen and oxygen atoms in total.